The van der Waals surface area contributed by atoms with Crippen LogP contribution in [0.15, 0.2) is 29.1 Å². The molecule has 0 saturated carbocycles. The van der Waals surface area contributed by atoms with E-state index in [4.69, 9.17) is 17.2 Å². The molecular weight excluding hydrogens is 504 g/mol. The second-order valence-electron chi connectivity index (χ2n) is 9.11. The number of carbonyl (C=O) groups excluding carboxylic acids is 3. The summed E-state index contributed by atoms with van der Waals surface area (Å²) in [5.41, 5.74) is 18.2. The number of hydrogen-bond acceptors (Lipinski definition) is 9. The van der Waals surface area contributed by atoms with E-state index in [2.05, 4.69) is 37.8 Å². The molecule has 210 valence electrons. The Morgan fingerprint density at radius 3 is 2.51 bits per heavy atom. The second kappa shape index (κ2) is 13.9. The average Bonchev–Trinajstić information content (AvgIpc) is 3.22. The van der Waals surface area contributed by atoms with Crippen LogP contribution in [0, 0.1) is 0 Å². The number of unbranched alkanes of at least 4 members (excludes halogenated alkanes) is 2. The van der Waals surface area contributed by atoms with E-state index in [9.17, 15) is 19.2 Å². The highest BCUT2D eigenvalue weighted by molar-refractivity contribution is 5.97. The van der Waals surface area contributed by atoms with Gasteiger partial charge in [-0.25, -0.2) is 4.79 Å². The molecule has 0 fully saturated rings. The van der Waals surface area contributed by atoms with E-state index in [-0.39, 0.29) is 24.6 Å². The van der Waals surface area contributed by atoms with Gasteiger partial charge in [-0.15, -0.1) is 0 Å². The first-order valence-electron chi connectivity index (χ1n) is 12.9. The fourth-order valence-corrected chi connectivity index (χ4v) is 3.88. The summed E-state index contributed by atoms with van der Waals surface area (Å²) >= 11 is 0. The second-order valence-corrected chi connectivity index (χ2v) is 9.11. The number of nitrogen functional groups attached to an aromatic ring is 1. The maximum absolute atomic E-state index is 12.6. The summed E-state index contributed by atoms with van der Waals surface area (Å²) in [5.74, 6) is -1.13. The minimum Gasteiger partial charge on any atom is -0.382 e. The number of carbonyl (C=O) groups is 3. The van der Waals surface area contributed by atoms with Crippen LogP contribution in [0.2, 0.25) is 0 Å². The van der Waals surface area contributed by atoms with Crippen LogP contribution in [0.5, 0.6) is 0 Å². The molecule has 3 amide bonds. The summed E-state index contributed by atoms with van der Waals surface area (Å²) in [4.78, 5) is 60.3. The van der Waals surface area contributed by atoms with Crippen LogP contribution in [0.1, 0.15) is 54.9 Å². The lowest BCUT2D eigenvalue weighted by atomic mass is 10.1. The average molecular weight is 541 g/mol. The van der Waals surface area contributed by atoms with Crippen molar-refractivity contribution in [2.45, 2.75) is 51.6 Å². The predicted molar refractivity (Wildman–Crippen MR) is 148 cm³/mol. The van der Waals surface area contributed by atoms with Crippen LogP contribution in [0.4, 0.5) is 11.8 Å². The molecule has 14 heteroatoms. The first-order valence-corrected chi connectivity index (χ1v) is 12.9. The van der Waals surface area contributed by atoms with Crippen molar-refractivity contribution in [3.8, 4) is 0 Å². The molecule has 39 heavy (non-hydrogen) atoms. The number of rotatable bonds is 15. The van der Waals surface area contributed by atoms with Crippen molar-refractivity contribution in [2.24, 2.45) is 11.5 Å². The zero-order valence-electron chi connectivity index (χ0n) is 22.0. The third-order valence-electron chi connectivity index (χ3n) is 6.06. The number of aromatic nitrogens is 4. The molecule has 1 aromatic carbocycles. The van der Waals surface area contributed by atoms with Crippen LogP contribution in [-0.2, 0) is 16.1 Å². The first-order chi connectivity index (χ1) is 18.7. The summed E-state index contributed by atoms with van der Waals surface area (Å²) in [6.07, 6.45) is 3.68. The normalized spacial score (nSPS) is 11.7. The van der Waals surface area contributed by atoms with Gasteiger partial charge in [0, 0.05) is 12.1 Å². The Balaban J connectivity index is 1.62. The van der Waals surface area contributed by atoms with E-state index in [1.54, 1.807) is 24.3 Å². The van der Waals surface area contributed by atoms with Crippen molar-refractivity contribution in [1.82, 2.24) is 30.2 Å². The largest absolute Gasteiger partial charge is 0.382 e. The number of imidazole rings is 1. The molecule has 2 aromatic heterocycles. The van der Waals surface area contributed by atoms with Gasteiger partial charge in [0.05, 0.1) is 13.1 Å². The molecule has 0 spiro atoms. The first kappa shape index (κ1) is 29.1. The van der Waals surface area contributed by atoms with Gasteiger partial charge in [0.25, 0.3) is 5.91 Å². The Labute approximate surface area is 225 Å². The van der Waals surface area contributed by atoms with Gasteiger partial charge >= 0.3 is 5.69 Å². The number of H-pyrrole nitrogens is 1. The number of nitrogens with one attached hydrogen (secondary N) is 4. The minimum absolute atomic E-state index is 0.170. The maximum atomic E-state index is 12.6. The molecule has 0 aliphatic carbocycles. The quantitative estimate of drug-likeness (QED) is 0.126. The molecule has 1 atom stereocenters. The molecule has 0 saturated heterocycles. The minimum atomic E-state index is -0.822. The van der Waals surface area contributed by atoms with Crippen molar-refractivity contribution < 1.29 is 14.4 Å². The zero-order valence-corrected chi connectivity index (χ0v) is 22.0. The van der Waals surface area contributed by atoms with Crippen molar-refractivity contribution in [2.75, 3.05) is 30.7 Å². The third-order valence-corrected chi connectivity index (χ3v) is 6.06. The highest BCUT2D eigenvalue weighted by atomic mass is 16.2. The smallest absolute Gasteiger partial charge is 0.328 e. The zero-order chi connectivity index (χ0) is 28.4. The van der Waals surface area contributed by atoms with Crippen LogP contribution in [-0.4, -0.2) is 62.9 Å². The molecule has 2 heterocycles. The van der Waals surface area contributed by atoms with E-state index in [0.717, 1.165) is 18.4 Å². The van der Waals surface area contributed by atoms with Gasteiger partial charge in [-0.05, 0) is 49.9 Å². The monoisotopic (exact) mass is 540 g/mol. The Kier molecular flexibility index (Phi) is 10.4. The standard InChI is InChI=1S/C25H36N10O4/c1-2-3-12-29-24-33-20(27)19-22(34-24)35(25(39)32-19)14-15-7-9-16(10-8-15)23(38)30-13-18(36)31-17(21(28)37)6-4-5-11-26/h7-10,17H,2-6,11-14,26H2,1H3,(H2,28,37)(H,30,38)(H,31,36)(H,32,39)(H3,27,29,33,34)/t17-/m0/s1. The van der Waals surface area contributed by atoms with E-state index in [0.29, 0.717) is 55.0 Å². The molecule has 0 aliphatic heterocycles. The predicted octanol–water partition coefficient (Wildman–Crippen LogP) is -0.209. The van der Waals surface area contributed by atoms with Crippen LogP contribution < -0.4 is 38.8 Å². The van der Waals surface area contributed by atoms with Gasteiger partial charge in [-0.1, -0.05) is 25.5 Å². The van der Waals surface area contributed by atoms with Crippen molar-refractivity contribution >= 4 is 40.7 Å². The summed E-state index contributed by atoms with van der Waals surface area (Å²) in [7, 11) is 0. The number of primary amides is 1. The summed E-state index contributed by atoms with van der Waals surface area (Å²) in [5, 5.41) is 8.16. The van der Waals surface area contributed by atoms with Gasteiger partial charge < -0.3 is 38.1 Å². The Bertz CT molecular complexity index is 1350. The van der Waals surface area contributed by atoms with E-state index < -0.39 is 23.8 Å². The Hall–Kier alpha value is -4.46. The maximum Gasteiger partial charge on any atom is 0.328 e. The van der Waals surface area contributed by atoms with Gasteiger partial charge in [-0.2, -0.15) is 9.97 Å². The Morgan fingerprint density at radius 2 is 1.85 bits per heavy atom. The van der Waals surface area contributed by atoms with Gasteiger partial charge in [-0.3, -0.25) is 19.0 Å². The van der Waals surface area contributed by atoms with Crippen molar-refractivity contribution in [3.63, 3.8) is 0 Å². The number of nitrogens with zero attached hydrogens (tertiary/aromatic N) is 3. The van der Waals surface area contributed by atoms with E-state index in [1.807, 2.05) is 0 Å². The van der Waals surface area contributed by atoms with Crippen LogP contribution in [0.25, 0.3) is 11.2 Å². The lowest BCUT2D eigenvalue weighted by Crippen LogP contribution is -2.47. The lowest BCUT2D eigenvalue weighted by Gasteiger charge is -2.15. The number of aromatic amines is 1. The summed E-state index contributed by atoms with van der Waals surface area (Å²) in [6, 6.07) is 5.75. The molecule has 14 nitrogen and oxygen atoms in total. The highest BCUT2D eigenvalue weighted by Gasteiger charge is 2.18. The molecule has 10 N–H and O–H groups in total. The molecule has 0 radical (unpaired) electrons. The third kappa shape index (κ3) is 8.01. The number of benzene rings is 1. The highest BCUT2D eigenvalue weighted by Crippen LogP contribution is 2.17. The number of fused-ring (bicyclic) bond motifs is 1. The lowest BCUT2D eigenvalue weighted by molar-refractivity contribution is -0.126. The van der Waals surface area contributed by atoms with Gasteiger partial charge in [0.15, 0.2) is 11.5 Å². The molecular formula is C25H36N10O4. The molecule has 3 rings (SSSR count). The topological polar surface area (TPSA) is 229 Å². The summed E-state index contributed by atoms with van der Waals surface area (Å²) < 4.78 is 1.44. The Morgan fingerprint density at radius 1 is 1.10 bits per heavy atom. The van der Waals surface area contributed by atoms with Crippen molar-refractivity contribution in [3.05, 3.63) is 45.9 Å². The molecule has 0 aliphatic rings. The van der Waals surface area contributed by atoms with Crippen LogP contribution >= 0.6 is 0 Å². The van der Waals surface area contributed by atoms with Crippen molar-refractivity contribution in [1.29, 1.82) is 0 Å². The van der Waals surface area contributed by atoms with E-state index >= 15 is 0 Å². The molecule has 0 unspecified atom stereocenters. The molecule has 3 aromatic rings. The molecule has 0 bridgehead atoms. The fourth-order valence-electron chi connectivity index (χ4n) is 3.88. The summed E-state index contributed by atoms with van der Waals surface area (Å²) in [6.45, 7) is 3.10. The van der Waals surface area contributed by atoms with Crippen LogP contribution in [0.3, 0.4) is 0 Å². The van der Waals surface area contributed by atoms with Gasteiger partial charge in [0.1, 0.15) is 11.6 Å². The SMILES string of the molecule is CCCCNc1nc(N)c2[nH]c(=O)n(Cc3ccc(C(=O)NCC(=O)N[C@@H](CCCCN)C(N)=O)cc3)c2n1. The number of nitrogens with two attached hydrogens (primary N) is 3. The fraction of sp³-hybridized carbons (Fsp3) is 0.440. The number of hydrogen-bond donors (Lipinski definition) is 7. The van der Waals surface area contributed by atoms with E-state index in [1.165, 1.54) is 4.57 Å². The number of amides is 3. The van der Waals surface area contributed by atoms with Gasteiger partial charge in [0.2, 0.25) is 17.8 Å². The number of anilines is 2.